The predicted octanol–water partition coefficient (Wildman–Crippen LogP) is -3.57. The van der Waals surface area contributed by atoms with E-state index in [-0.39, 0.29) is 47.2 Å². The van der Waals surface area contributed by atoms with E-state index in [1.165, 1.54) is 12.5 Å². The molecule has 5 saturated heterocycles. The Labute approximate surface area is 499 Å². The second-order valence-electron chi connectivity index (χ2n) is 28.5. The first-order chi connectivity index (χ1) is 40.4. The molecule has 10 rings (SSSR count). The minimum Gasteiger partial charge on any atom is -0.432 e. The first-order valence-electron chi connectivity index (χ1n) is 30.8. The fourth-order valence-electron chi connectivity index (χ4n) is 17.6. The molecule has 0 spiro atoms. The summed E-state index contributed by atoms with van der Waals surface area (Å²) >= 11 is 0. The summed E-state index contributed by atoms with van der Waals surface area (Å²) in [7, 11) is 0. The molecule has 9 fully saturated rings. The van der Waals surface area contributed by atoms with Gasteiger partial charge in [0.1, 0.15) is 110 Å². The first kappa shape index (κ1) is 67.1. The van der Waals surface area contributed by atoms with Crippen LogP contribution in [0.2, 0.25) is 0 Å². The van der Waals surface area contributed by atoms with Gasteiger partial charge in [0.15, 0.2) is 25.2 Å². The van der Waals surface area contributed by atoms with Crippen LogP contribution in [0, 0.1) is 50.2 Å². The lowest BCUT2D eigenvalue weighted by atomic mass is 9.33. The van der Waals surface area contributed by atoms with Crippen molar-refractivity contribution in [3.8, 4) is 0 Å². The third kappa shape index (κ3) is 11.2. The molecule has 5 aliphatic carbocycles. The smallest absolute Gasteiger partial charge is 0.315 e. The summed E-state index contributed by atoms with van der Waals surface area (Å²) in [6, 6.07) is 0. The first-order valence-corrected chi connectivity index (χ1v) is 30.8. The van der Waals surface area contributed by atoms with Crippen LogP contribution in [0.15, 0.2) is 11.6 Å². The number of ether oxygens (including phenoxy) is 10. The lowest BCUT2D eigenvalue weighted by Crippen LogP contribution is -2.67. The third-order valence-corrected chi connectivity index (χ3v) is 23.2. The minimum absolute atomic E-state index is 0.0781. The number of aliphatic hydroxyl groups excluding tert-OH is 16. The van der Waals surface area contributed by atoms with Gasteiger partial charge in [-0.25, -0.2) is 0 Å². The Hall–Kier alpha value is -1.79. The van der Waals surface area contributed by atoms with E-state index in [9.17, 15) is 81.7 Å². The molecule has 0 amide bonds. The van der Waals surface area contributed by atoms with Crippen LogP contribution in [0.1, 0.15) is 113 Å². The van der Waals surface area contributed by atoms with E-state index in [2.05, 4.69) is 40.7 Å². The molecule has 33 atom stereocenters. The number of carbonyl (C=O) groups excluding carboxylic acids is 1. The maximum absolute atomic E-state index is 15.2. The largest absolute Gasteiger partial charge is 0.432 e. The number of aliphatic hydroxyl groups is 16. The van der Waals surface area contributed by atoms with E-state index in [4.69, 9.17) is 47.4 Å². The van der Waals surface area contributed by atoms with Gasteiger partial charge in [0.25, 0.3) is 0 Å². The van der Waals surface area contributed by atoms with Crippen molar-refractivity contribution in [1.29, 1.82) is 0 Å². The molecule has 16 N–H and O–H groups in total. The summed E-state index contributed by atoms with van der Waals surface area (Å²) in [4.78, 5) is 15.2. The summed E-state index contributed by atoms with van der Waals surface area (Å²) < 4.78 is 58.8. The highest BCUT2D eigenvalue weighted by Gasteiger charge is 2.71. The third-order valence-electron chi connectivity index (χ3n) is 23.2. The number of rotatable bonds is 14. The Bertz CT molecular complexity index is 2380. The van der Waals surface area contributed by atoms with Gasteiger partial charge in [0, 0.05) is 5.41 Å². The fourth-order valence-corrected chi connectivity index (χ4v) is 17.6. The summed E-state index contributed by atoms with van der Waals surface area (Å²) in [5.41, 5.74) is -1.99. The van der Waals surface area contributed by atoms with Gasteiger partial charge in [-0.15, -0.1) is 0 Å². The average molecular weight is 1240 g/mol. The highest BCUT2D eigenvalue weighted by molar-refractivity contribution is 5.79. The van der Waals surface area contributed by atoms with Crippen molar-refractivity contribution in [2.75, 3.05) is 33.0 Å². The Morgan fingerprint density at radius 2 is 1.14 bits per heavy atom. The highest BCUT2D eigenvalue weighted by Crippen LogP contribution is 2.76. The molecular formula is C59H96O27. The van der Waals surface area contributed by atoms with Gasteiger partial charge in [-0.1, -0.05) is 53.2 Å². The number of allylic oxidation sites excluding steroid dienone is 2. The average Bonchev–Trinajstić information content (AvgIpc) is 0.679. The zero-order chi connectivity index (χ0) is 62.7. The number of hydrogen-bond donors (Lipinski definition) is 16. The van der Waals surface area contributed by atoms with E-state index in [0.29, 0.717) is 57.8 Å². The minimum atomic E-state index is -1.91. The van der Waals surface area contributed by atoms with Gasteiger partial charge < -0.3 is 129 Å². The van der Waals surface area contributed by atoms with E-state index in [0.717, 1.165) is 6.42 Å². The molecule has 33 unspecified atom stereocenters. The maximum Gasteiger partial charge on any atom is 0.315 e. The molecule has 0 aromatic heterocycles. The zero-order valence-electron chi connectivity index (χ0n) is 50.0. The van der Waals surface area contributed by atoms with Gasteiger partial charge >= 0.3 is 5.97 Å². The molecule has 86 heavy (non-hydrogen) atoms. The van der Waals surface area contributed by atoms with Crippen LogP contribution in [0.5, 0.6) is 0 Å². The number of hydrogen-bond acceptors (Lipinski definition) is 27. The van der Waals surface area contributed by atoms with E-state index in [1.807, 2.05) is 6.92 Å². The number of carbonyl (C=O) groups is 1. The predicted molar refractivity (Wildman–Crippen MR) is 289 cm³/mol. The SMILES string of the molecule is CC1OC(OC2C(CO)OC(OCC3OC(OC(=O)C45CCC(C)(C)CC4C4=CCC6C7(C)CCC(OC8OCC(O)C(OC9OC(CO)C(O)C(O)C9O)C8O)C(C)(CO)C7CCC6(C)C4(C)CC5)C(O)C(O)C3O)C(O)C2O)C(O)C(O)C1O. The van der Waals surface area contributed by atoms with Crippen LogP contribution >= 0.6 is 0 Å². The summed E-state index contributed by atoms with van der Waals surface area (Å²) in [6.07, 6.45) is -31.0. The van der Waals surface area contributed by atoms with Gasteiger partial charge in [-0.05, 0) is 111 Å². The van der Waals surface area contributed by atoms with Gasteiger partial charge in [0.05, 0.1) is 50.7 Å². The van der Waals surface area contributed by atoms with Crippen molar-refractivity contribution in [1.82, 2.24) is 0 Å². The Morgan fingerprint density at radius 3 is 1.80 bits per heavy atom. The van der Waals surface area contributed by atoms with Crippen molar-refractivity contribution in [3.05, 3.63) is 11.6 Å². The summed E-state index contributed by atoms with van der Waals surface area (Å²) in [6.45, 7) is 12.0. The fraction of sp³-hybridized carbons (Fsp3) is 0.949. The summed E-state index contributed by atoms with van der Waals surface area (Å²) in [5, 5.41) is 173. The number of fused-ring (bicyclic) bond motifs is 7. The van der Waals surface area contributed by atoms with Crippen LogP contribution in [0.4, 0.5) is 0 Å². The zero-order valence-corrected chi connectivity index (χ0v) is 50.0. The van der Waals surface area contributed by atoms with Crippen LogP contribution in [0.3, 0.4) is 0 Å². The van der Waals surface area contributed by atoms with Crippen molar-refractivity contribution in [3.63, 3.8) is 0 Å². The van der Waals surface area contributed by atoms with E-state index < -0.39 is 196 Å². The molecule has 0 bridgehead atoms. The molecule has 494 valence electrons. The van der Waals surface area contributed by atoms with E-state index in [1.54, 1.807) is 0 Å². The highest BCUT2D eigenvalue weighted by atomic mass is 16.8. The second kappa shape index (κ2) is 24.9. The Morgan fingerprint density at radius 1 is 0.558 bits per heavy atom. The molecular weight excluding hydrogens is 1140 g/mol. The molecule has 5 aliphatic heterocycles. The molecule has 0 radical (unpaired) electrons. The Kier molecular flexibility index (Phi) is 19.4. The molecule has 27 nitrogen and oxygen atoms in total. The van der Waals surface area contributed by atoms with Crippen molar-refractivity contribution in [2.45, 2.75) is 266 Å². The van der Waals surface area contributed by atoms with Crippen LogP contribution < -0.4 is 0 Å². The lowest BCUT2D eigenvalue weighted by molar-refractivity contribution is -0.361. The normalized spacial score (nSPS) is 54.8. The van der Waals surface area contributed by atoms with Crippen LogP contribution in [-0.4, -0.2) is 274 Å². The molecule has 27 heteroatoms. The van der Waals surface area contributed by atoms with Gasteiger partial charge in [-0.2, -0.15) is 0 Å². The van der Waals surface area contributed by atoms with Gasteiger partial charge in [0.2, 0.25) is 6.29 Å². The van der Waals surface area contributed by atoms with Crippen molar-refractivity contribution in [2.24, 2.45) is 50.2 Å². The van der Waals surface area contributed by atoms with Crippen molar-refractivity contribution >= 4 is 5.97 Å². The maximum atomic E-state index is 15.2. The van der Waals surface area contributed by atoms with Crippen molar-refractivity contribution < 1.29 is 134 Å². The quantitative estimate of drug-likeness (QED) is 0.0454. The monoisotopic (exact) mass is 1240 g/mol. The second-order valence-corrected chi connectivity index (χ2v) is 28.5. The van der Waals surface area contributed by atoms with E-state index >= 15 is 4.79 Å². The van der Waals surface area contributed by atoms with Crippen LogP contribution in [-0.2, 0) is 52.2 Å². The number of esters is 1. The lowest BCUT2D eigenvalue weighted by Gasteiger charge is -2.71. The summed E-state index contributed by atoms with van der Waals surface area (Å²) in [5.74, 6) is -0.894. The van der Waals surface area contributed by atoms with Gasteiger partial charge in [-0.3, -0.25) is 4.79 Å². The molecule has 0 aromatic carbocycles. The topological polar surface area (TPSA) is 433 Å². The standard InChI is InChI=1S/C59H96O27/c1-24-34(64)37(67)41(71)50(79-24)85-47-29(20-61)81-48(44(74)40(47)70)78-22-30-36(66)39(69)43(73)52(82-30)86-53(76)59-16-14-54(2,3)18-26(59)25-8-9-32-55(4)12-11-33(56(5,23-62)31(55)10-13-58(32,7)57(25,6)15-17-59)83-49-45(75)46(27(63)21-77-49)84-51-42(72)38(68)35(65)28(19-60)80-51/h8,24,26-52,60-75H,9-23H2,1-7H3. The Balaban J connectivity index is 0.821. The van der Waals surface area contributed by atoms with Crippen LogP contribution in [0.25, 0.3) is 0 Å². The molecule has 0 aromatic rings. The molecule has 10 aliphatic rings. The molecule has 5 heterocycles. The molecule has 4 saturated carbocycles.